The van der Waals surface area contributed by atoms with Crippen molar-refractivity contribution in [3.05, 3.63) is 46.4 Å². The third-order valence-corrected chi connectivity index (χ3v) is 3.26. The molecule has 0 amide bonds. The van der Waals surface area contributed by atoms with Crippen molar-refractivity contribution in [2.24, 2.45) is 0 Å². The van der Waals surface area contributed by atoms with Crippen LogP contribution in [0.5, 0.6) is 5.75 Å². The molecule has 1 unspecified atom stereocenters. The smallest absolute Gasteiger partial charge is 0.137 e. The van der Waals surface area contributed by atoms with E-state index in [1.54, 1.807) is 12.4 Å². The number of aromatic nitrogens is 1. The molecule has 4 heteroatoms. The molecule has 0 aromatic carbocycles. The Bertz CT molecular complexity index is 456. The minimum Gasteiger partial charge on any atom is -0.492 e. The van der Waals surface area contributed by atoms with Crippen molar-refractivity contribution in [1.82, 2.24) is 4.98 Å². The molecular weight excluding hydrogens is 234 g/mol. The molecule has 0 radical (unpaired) electrons. The van der Waals surface area contributed by atoms with Gasteiger partial charge in [0.2, 0.25) is 0 Å². The van der Waals surface area contributed by atoms with Crippen LogP contribution in [0.1, 0.15) is 29.9 Å². The van der Waals surface area contributed by atoms with Gasteiger partial charge < -0.3 is 9.84 Å². The molecule has 2 heterocycles. The summed E-state index contributed by atoms with van der Waals surface area (Å²) >= 11 is 1.53. The van der Waals surface area contributed by atoms with Gasteiger partial charge in [-0.2, -0.15) is 0 Å². The van der Waals surface area contributed by atoms with E-state index < -0.39 is 6.10 Å². The first-order valence-electron chi connectivity index (χ1n) is 5.60. The summed E-state index contributed by atoms with van der Waals surface area (Å²) in [4.78, 5) is 5.00. The Morgan fingerprint density at radius 1 is 1.47 bits per heavy atom. The highest BCUT2D eigenvalue weighted by molar-refractivity contribution is 7.10. The second-order valence-corrected chi connectivity index (χ2v) is 4.70. The van der Waals surface area contributed by atoms with Crippen LogP contribution >= 0.6 is 11.3 Å². The van der Waals surface area contributed by atoms with Crippen LogP contribution in [0.25, 0.3) is 0 Å². The van der Waals surface area contributed by atoms with Gasteiger partial charge in [0.25, 0.3) is 0 Å². The van der Waals surface area contributed by atoms with Gasteiger partial charge in [-0.15, -0.1) is 11.3 Å². The van der Waals surface area contributed by atoms with Gasteiger partial charge in [0.1, 0.15) is 11.9 Å². The molecule has 0 aliphatic carbocycles. The summed E-state index contributed by atoms with van der Waals surface area (Å²) in [5.74, 6) is 0.708. The minimum absolute atomic E-state index is 0.618. The molecule has 1 N–H and O–H groups in total. The Morgan fingerprint density at radius 2 is 2.35 bits per heavy atom. The fraction of sp³-hybridized carbons (Fsp3) is 0.308. The summed E-state index contributed by atoms with van der Waals surface area (Å²) in [5, 5.41) is 12.1. The Hall–Kier alpha value is -1.39. The van der Waals surface area contributed by atoms with Gasteiger partial charge in [-0.3, -0.25) is 4.98 Å². The average molecular weight is 249 g/mol. The quantitative estimate of drug-likeness (QED) is 0.885. The summed E-state index contributed by atoms with van der Waals surface area (Å²) in [5.41, 5.74) is 0.765. The highest BCUT2D eigenvalue weighted by Gasteiger charge is 2.12. The van der Waals surface area contributed by atoms with Crippen LogP contribution in [0.4, 0.5) is 0 Å². The molecule has 2 aromatic heterocycles. The molecule has 0 spiro atoms. The predicted molar refractivity (Wildman–Crippen MR) is 68.4 cm³/mol. The fourth-order valence-electron chi connectivity index (χ4n) is 1.50. The van der Waals surface area contributed by atoms with Gasteiger partial charge >= 0.3 is 0 Å². The molecule has 2 rings (SSSR count). The van der Waals surface area contributed by atoms with E-state index in [9.17, 15) is 5.11 Å². The molecule has 0 saturated carbocycles. The first-order valence-corrected chi connectivity index (χ1v) is 6.48. The van der Waals surface area contributed by atoms with Gasteiger partial charge in [0.05, 0.1) is 12.8 Å². The molecule has 3 nitrogen and oxygen atoms in total. The van der Waals surface area contributed by atoms with E-state index in [4.69, 9.17) is 4.74 Å². The van der Waals surface area contributed by atoms with Crippen molar-refractivity contribution in [1.29, 1.82) is 0 Å². The lowest BCUT2D eigenvalue weighted by Crippen LogP contribution is -2.00. The molecule has 0 fully saturated rings. The number of pyridine rings is 1. The lowest BCUT2D eigenvalue weighted by atomic mass is 10.1. The highest BCUT2D eigenvalue weighted by Crippen LogP contribution is 2.27. The third-order valence-electron chi connectivity index (χ3n) is 2.34. The van der Waals surface area contributed by atoms with Gasteiger partial charge in [-0.05, 0) is 23.9 Å². The SMILES string of the molecule is CCCOc1cncc(C(O)c2cccs2)c1. The molecule has 1 atom stereocenters. The summed E-state index contributed by atoms with van der Waals surface area (Å²) < 4.78 is 5.49. The van der Waals surface area contributed by atoms with Crippen molar-refractivity contribution in [3.63, 3.8) is 0 Å². The highest BCUT2D eigenvalue weighted by atomic mass is 32.1. The van der Waals surface area contributed by atoms with Crippen molar-refractivity contribution in [2.45, 2.75) is 19.4 Å². The Balaban J connectivity index is 2.15. The zero-order valence-electron chi connectivity index (χ0n) is 9.67. The lowest BCUT2D eigenvalue weighted by Gasteiger charge is -2.10. The molecule has 0 aliphatic rings. The van der Waals surface area contributed by atoms with Gasteiger partial charge in [-0.25, -0.2) is 0 Å². The van der Waals surface area contributed by atoms with Gasteiger partial charge in [0, 0.05) is 16.6 Å². The van der Waals surface area contributed by atoms with Crippen LogP contribution in [-0.2, 0) is 0 Å². The van der Waals surface area contributed by atoms with E-state index in [-0.39, 0.29) is 0 Å². The number of ether oxygens (including phenoxy) is 1. The molecule has 0 bridgehead atoms. The van der Waals surface area contributed by atoms with Crippen LogP contribution in [0.3, 0.4) is 0 Å². The minimum atomic E-state index is -0.618. The fourth-order valence-corrected chi connectivity index (χ4v) is 2.23. The maximum atomic E-state index is 10.1. The van der Waals surface area contributed by atoms with E-state index >= 15 is 0 Å². The Morgan fingerprint density at radius 3 is 3.06 bits per heavy atom. The first-order chi connectivity index (χ1) is 8.31. The third kappa shape index (κ3) is 3.05. The second kappa shape index (κ2) is 5.80. The average Bonchev–Trinajstić information content (AvgIpc) is 2.89. The van der Waals surface area contributed by atoms with E-state index in [0.29, 0.717) is 12.4 Å². The first kappa shape index (κ1) is 12.1. The van der Waals surface area contributed by atoms with Crippen molar-refractivity contribution in [3.8, 4) is 5.75 Å². The van der Waals surface area contributed by atoms with Crippen molar-refractivity contribution in [2.75, 3.05) is 6.61 Å². The summed E-state index contributed by atoms with van der Waals surface area (Å²) in [7, 11) is 0. The van der Waals surface area contributed by atoms with Gasteiger partial charge in [-0.1, -0.05) is 13.0 Å². The Labute approximate surface area is 105 Å². The number of nitrogens with zero attached hydrogens (tertiary/aromatic N) is 1. The zero-order chi connectivity index (χ0) is 12.1. The van der Waals surface area contributed by atoms with E-state index in [1.807, 2.05) is 23.6 Å². The monoisotopic (exact) mass is 249 g/mol. The number of hydrogen-bond acceptors (Lipinski definition) is 4. The van der Waals surface area contributed by atoms with Crippen molar-refractivity contribution >= 4 is 11.3 Å². The molecule has 90 valence electrons. The predicted octanol–water partition coefficient (Wildman–Crippen LogP) is 3.01. The molecule has 2 aromatic rings. The van der Waals surface area contributed by atoms with Crippen LogP contribution in [0, 0.1) is 0 Å². The number of aliphatic hydroxyl groups is 1. The standard InChI is InChI=1S/C13H15NO2S/c1-2-5-16-11-7-10(8-14-9-11)13(15)12-4-3-6-17-12/h3-4,6-9,13,15H,2,5H2,1H3. The molecular formula is C13H15NO2S. The number of rotatable bonds is 5. The molecule has 0 aliphatic heterocycles. The topological polar surface area (TPSA) is 42.4 Å². The van der Waals surface area contributed by atoms with E-state index in [2.05, 4.69) is 11.9 Å². The number of hydrogen-bond donors (Lipinski definition) is 1. The zero-order valence-corrected chi connectivity index (χ0v) is 10.5. The van der Waals surface area contributed by atoms with E-state index in [0.717, 1.165) is 16.9 Å². The van der Waals surface area contributed by atoms with E-state index in [1.165, 1.54) is 11.3 Å². The van der Waals surface area contributed by atoms with Gasteiger partial charge in [0.15, 0.2) is 0 Å². The van der Waals surface area contributed by atoms with Crippen LogP contribution in [-0.4, -0.2) is 16.7 Å². The maximum Gasteiger partial charge on any atom is 0.137 e. The van der Waals surface area contributed by atoms with Crippen molar-refractivity contribution < 1.29 is 9.84 Å². The van der Waals surface area contributed by atoms with Crippen LogP contribution in [0.2, 0.25) is 0 Å². The molecule has 0 saturated heterocycles. The normalized spacial score (nSPS) is 12.4. The number of thiophene rings is 1. The van der Waals surface area contributed by atoms with Crippen LogP contribution < -0.4 is 4.74 Å². The second-order valence-electron chi connectivity index (χ2n) is 3.72. The summed E-state index contributed by atoms with van der Waals surface area (Å²) in [6.07, 6.45) is 3.67. The summed E-state index contributed by atoms with van der Waals surface area (Å²) in [6.45, 7) is 2.72. The maximum absolute atomic E-state index is 10.1. The number of aliphatic hydroxyl groups excluding tert-OH is 1. The summed E-state index contributed by atoms with van der Waals surface area (Å²) in [6, 6.07) is 5.68. The largest absolute Gasteiger partial charge is 0.492 e. The lowest BCUT2D eigenvalue weighted by molar-refractivity contribution is 0.222. The molecule has 17 heavy (non-hydrogen) atoms. The van der Waals surface area contributed by atoms with Crippen LogP contribution in [0.15, 0.2) is 36.0 Å². The Kier molecular flexibility index (Phi) is 4.12.